The molecule has 4 fully saturated rings. The first-order valence-corrected chi connectivity index (χ1v) is 6.69. The van der Waals surface area contributed by atoms with E-state index in [2.05, 4.69) is 13.8 Å². The van der Waals surface area contributed by atoms with Crippen LogP contribution >= 0.6 is 0 Å². The summed E-state index contributed by atoms with van der Waals surface area (Å²) >= 11 is 0. The van der Waals surface area contributed by atoms with Crippen molar-refractivity contribution < 1.29 is 9.90 Å². The Morgan fingerprint density at radius 2 is 1.75 bits per heavy atom. The highest BCUT2D eigenvalue weighted by atomic mass is 16.4. The molecule has 4 saturated carbocycles. The van der Waals surface area contributed by atoms with E-state index in [-0.39, 0.29) is 5.41 Å². The third-order valence-electron chi connectivity index (χ3n) is 5.78. The Kier molecular flexibility index (Phi) is 2.01. The first-order chi connectivity index (χ1) is 7.46. The average Bonchev–Trinajstić information content (AvgIpc) is 2.14. The van der Waals surface area contributed by atoms with Crippen LogP contribution in [0.3, 0.4) is 0 Å². The molecule has 2 unspecified atom stereocenters. The Morgan fingerprint density at radius 3 is 2.19 bits per heavy atom. The Bertz CT molecular complexity index is 318. The predicted molar refractivity (Wildman–Crippen MR) is 62.0 cm³/mol. The molecule has 4 aliphatic rings. The molecule has 0 aromatic heterocycles. The van der Waals surface area contributed by atoms with Gasteiger partial charge >= 0.3 is 5.97 Å². The van der Waals surface area contributed by atoms with Gasteiger partial charge in [-0.1, -0.05) is 13.8 Å². The summed E-state index contributed by atoms with van der Waals surface area (Å²) in [5.74, 6) is 1.56. The van der Waals surface area contributed by atoms with Gasteiger partial charge in [0.15, 0.2) is 0 Å². The lowest BCUT2D eigenvalue weighted by Gasteiger charge is -2.62. The van der Waals surface area contributed by atoms with Crippen molar-refractivity contribution in [3.8, 4) is 0 Å². The van der Waals surface area contributed by atoms with E-state index in [1.54, 1.807) is 0 Å². The maximum atomic E-state index is 11.6. The first kappa shape index (κ1) is 10.6. The van der Waals surface area contributed by atoms with Crippen LogP contribution in [0.5, 0.6) is 0 Å². The molecule has 4 rings (SSSR count). The van der Waals surface area contributed by atoms with Crippen LogP contribution in [0.15, 0.2) is 0 Å². The Balaban J connectivity index is 2.00. The quantitative estimate of drug-likeness (QED) is 0.778. The van der Waals surface area contributed by atoms with Crippen molar-refractivity contribution in [3.63, 3.8) is 0 Å². The number of carboxylic acids is 1. The molecule has 0 aromatic carbocycles. The third kappa shape index (κ3) is 1.22. The molecular formula is C14H22O2. The smallest absolute Gasteiger partial charge is 0.309 e. The van der Waals surface area contributed by atoms with Crippen LogP contribution < -0.4 is 0 Å². The summed E-state index contributed by atoms with van der Waals surface area (Å²) in [4.78, 5) is 11.6. The van der Waals surface area contributed by atoms with Crippen molar-refractivity contribution in [2.45, 2.75) is 52.4 Å². The van der Waals surface area contributed by atoms with Gasteiger partial charge in [0.05, 0.1) is 5.41 Å². The maximum absolute atomic E-state index is 11.6. The second-order valence-corrected chi connectivity index (χ2v) is 7.06. The van der Waals surface area contributed by atoms with E-state index in [0.29, 0.717) is 23.2 Å². The summed E-state index contributed by atoms with van der Waals surface area (Å²) in [6.45, 7) is 4.59. The molecule has 0 amide bonds. The van der Waals surface area contributed by atoms with E-state index in [9.17, 15) is 9.90 Å². The zero-order chi connectivity index (χ0) is 11.6. The molecule has 90 valence electrons. The van der Waals surface area contributed by atoms with Crippen LogP contribution in [0, 0.1) is 28.6 Å². The third-order valence-corrected chi connectivity index (χ3v) is 5.78. The summed E-state index contributed by atoms with van der Waals surface area (Å²) in [5, 5.41) is 9.57. The largest absolute Gasteiger partial charge is 0.481 e. The van der Waals surface area contributed by atoms with Crippen molar-refractivity contribution in [1.29, 1.82) is 0 Å². The minimum Gasteiger partial charge on any atom is -0.481 e. The molecule has 4 bridgehead atoms. The summed E-state index contributed by atoms with van der Waals surface area (Å²) in [7, 11) is 0. The lowest BCUT2D eigenvalue weighted by molar-refractivity contribution is -0.179. The van der Waals surface area contributed by atoms with Crippen molar-refractivity contribution in [2.75, 3.05) is 0 Å². The molecule has 4 aliphatic carbocycles. The normalized spacial score (nSPS) is 49.9. The van der Waals surface area contributed by atoms with Crippen LogP contribution in [0.1, 0.15) is 52.4 Å². The van der Waals surface area contributed by atoms with Gasteiger partial charge in [0.25, 0.3) is 0 Å². The SMILES string of the molecule is CC(C)C12CC3CC(CC(C(=O)O)(C3)C1)C2. The topological polar surface area (TPSA) is 37.3 Å². The molecule has 0 spiro atoms. The molecule has 1 N–H and O–H groups in total. The van der Waals surface area contributed by atoms with Gasteiger partial charge in [-0.05, 0) is 61.7 Å². The van der Waals surface area contributed by atoms with Gasteiger partial charge < -0.3 is 5.11 Å². The molecular weight excluding hydrogens is 200 g/mol. The Hall–Kier alpha value is -0.530. The van der Waals surface area contributed by atoms with Gasteiger partial charge in [-0.15, -0.1) is 0 Å². The van der Waals surface area contributed by atoms with Gasteiger partial charge in [0.1, 0.15) is 0 Å². The van der Waals surface area contributed by atoms with Crippen LogP contribution in [0.25, 0.3) is 0 Å². The van der Waals surface area contributed by atoms with Crippen LogP contribution in [-0.4, -0.2) is 11.1 Å². The van der Waals surface area contributed by atoms with Crippen LogP contribution in [-0.2, 0) is 4.79 Å². The summed E-state index contributed by atoms with van der Waals surface area (Å²) < 4.78 is 0. The van der Waals surface area contributed by atoms with E-state index in [1.165, 1.54) is 19.3 Å². The molecule has 2 atom stereocenters. The maximum Gasteiger partial charge on any atom is 0.309 e. The minimum atomic E-state index is -0.508. The van der Waals surface area contributed by atoms with Crippen molar-refractivity contribution in [3.05, 3.63) is 0 Å². The average molecular weight is 222 g/mol. The van der Waals surface area contributed by atoms with Crippen molar-refractivity contribution in [1.82, 2.24) is 0 Å². The minimum absolute atomic E-state index is 0.339. The standard InChI is InChI=1S/C14H22O2/c1-9(2)13-4-10-3-11(5-13)7-14(6-10,8-13)12(15)16/h9-11H,3-8H2,1-2H3,(H,15,16). The number of hydrogen-bond acceptors (Lipinski definition) is 1. The summed E-state index contributed by atoms with van der Waals surface area (Å²) in [6, 6.07) is 0. The number of carbonyl (C=O) groups is 1. The van der Waals surface area contributed by atoms with E-state index >= 15 is 0 Å². The highest BCUT2D eigenvalue weighted by Gasteiger charge is 2.61. The molecule has 0 heterocycles. The fourth-order valence-corrected chi connectivity index (χ4v) is 5.26. The van der Waals surface area contributed by atoms with Crippen molar-refractivity contribution in [2.24, 2.45) is 28.6 Å². The molecule has 16 heavy (non-hydrogen) atoms. The number of rotatable bonds is 2. The first-order valence-electron chi connectivity index (χ1n) is 6.69. The Morgan fingerprint density at radius 1 is 1.19 bits per heavy atom. The van der Waals surface area contributed by atoms with Gasteiger partial charge in [-0.2, -0.15) is 0 Å². The van der Waals surface area contributed by atoms with Crippen molar-refractivity contribution >= 4 is 5.97 Å². The van der Waals surface area contributed by atoms with Crippen LogP contribution in [0.4, 0.5) is 0 Å². The predicted octanol–water partition coefficient (Wildman–Crippen LogP) is 3.31. The van der Waals surface area contributed by atoms with E-state index < -0.39 is 5.97 Å². The van der Waals surface area contributed by atoms with Gasteiger partial charge in [0, 0.05) is 0 Å². The summed E-state index contributed by atoms with van der Waals surface area (Å²) in [6.07, 6.45) is 6.80. The molecule has 0 aromatic rings. The van der Waals surface area contributed by atoms with E-state index in [0.717, 1.165) is 19.3 Å². The number of hydrogen-bond donors (Lipinski definition) is 1. The molecule has 0 radical (unpaired) electrons. The van der Waals surface area contributed by atoms with Gasteiger partial charge in [0.2, 0.25) is 0 Å². The Labute approximate surface area is 97.4 Å². The second-order valence-electron chi connectivity index (χ2n) is 7.06. The fourth-order valence-electron chi connectivity index (χ4n) is 5.26. The molecule has 2 nitrogen and oxygen atoms in total. The molecule has 2 heteroatoms. The number of aliphatic carboxylic acids is 1. The highest BCUT2D eigenvalue weighted by molar-refractivity contribution is 5.75. The lowest BCUT2D eigenvalue weighted by Crippen LogP contribution is -2.56. The zero-order valence-corrected chi connectivity index (χ0v) is 10.3. The fraction of sp³-hybridized carbons (Fsp3) is 0.929. The van der Waals surface area contributed by atoms with E-state index in [4.69, 9.17) is 0 Å². The van der Waals surface area contributed by atoms with Crippen LogP contribution in [0.2, 0.25) is 0 Å². The summed E-state index contributed by atoms with van der Waals surface area (Å²) in [5.41, 5.74) is 0.0246. The monoisotopic (exact) mass is 222 g/mol. The zero-order valence-electron chi connectivity index (χ0n) is 10.3. The number of carboxylic acid groups (broad SMARTS) is 1. The highest BCUT2D eigenvalue weighted by Crippen LogP contribution is 2.67. The molecule has 0 saturated heterocycles. The second kappa shape index (κ2) is 3.02. The van der Waals surface area contributed by atoms with E-state index in [1.807, 2.05) is 0 Å². The molecule has 0 aliphatic heterocycles. The van der Waals surface area contributed by atoms with Gasteiger partial charge in [-0.3, -0.25) is 4.79 Å². The van der Waals surface area contributed by atoms with Gasteiger partial charge in [-0.25, -0.2) is 0 Å². The lowest BCUT2D eigenvalue weighted by atomic mass is 9.42.